The highest BCUT2D eigenvalue weighted by Gasteiger charge is 2.35. The Bertz CT molecular complexity index is 580. The summed E-state index contributed by atoms with van der Waals surface area (Å²) in [7, 11) is 1.62. The normalized spacial score (nSPS) is 19.9. The summed E-state index contributed by atoms with van der Waals surface area (Å²) >= 11 is 0. The molecule has 1 N–H and O–H groups in total. The second-order valence-corrected chi connectivity index (χ2v) is 6.13. The van der Waals surface area contributed by atoms with Crippen molar-refractivity contribution in [3.8, 4) is 6.07 Å². The first-order chi connectivity index (χ1) is 10.9. The maximum atomic E-state index is 12.4. The van der Waals surface area contributed by atoms with Crippen molar-refractivity contribution >= 4 is 11.7 Å². The first kappa shape index (κ1) is 17.2. The van der Waals surface area contributed by atoms with Crippen LogP contribution in [0.5, 0.6) is 0 Å². The molecule has 1 saturated heterocycles. The van der Waals surface area contributed by atoms with Crippen molar-refractivity contribution in [3.05, 3.63) is 23.9 Å². The number of nitrogens with zero attached hydrogens (tertiary/aromatic N) is 3. The number of rotatable bonds is 5. The van der Waals surface area contributed by atoms with Gasteiger partial charge in [0.15, 0.2) is 0 Å². The van der Waals surface area contributed by atoms with Gasteiger partial charge in [0.2, 0.25) is 5.91 Å². The molecule has 7 nitrogen and oxygen atoms in total. The lowest BCUT2D eigenvalue weighted by atomic mass is 10.1. The van der Waals surface area contributed by atoms with E-state index in [0.717, 1.165) is 0 Å². The third kappa shape index (κ3) is 4.91. The summed E-state index contributed by atoms with van der Waals surface area (Å²) < 4.78 is 11.0. The van der Waals surface area contributed by atoms with Gasteiger partial charge in [0.05, 0.1) is 30.4 Å². The minimum absolute atomic E-state index is 0.0198. The van der Waals surface area contributed by atoms with Crippen molar-refractivity contribution in [2.75, 3.05) is 38.7 Å². The van der Waals surface area contributed by atoms with Gasteiger partial charge in [-0.15, -0.1) is 0 Å². The van der Waals surface area contributed by atoms with E-state index in [9.17, 15) is 4.79 Å². The van der Waals surface area contributed by atoms with Crippen LogP contribution in [0.25, 0.3) is 0 Å². The van der Waals surface area contributed by atoms with E-state index in [4.69, 9.17) is 14.7 Å². The molecule has 1 aromatic rings. The Kier molecular flexibility index (Phi) is 5.53. The monoisotopic (exact) mass is 318 g/mol. The average Bonchev–Trinajstić information content (AvgIpc) is 2.52. The third-order valence-corrected chi connectivity index (χ3v) is 3.50. The van der Waals surface area contributed by atoms with Gasteiger partial charge >= 0.3 is 0 Å². The second-order valence-electron chi connectivity index (χ2n) is 6.13. The minimum Gasteiger partial charge on any atom is -0.382 e. The lowest BCUT2D eigenvalue weighted by molar-refractivity contribution is -0.167. The number of ether oxygens (including phenoxy) is 2. The Hall–Kier alpha value is -2.17. The Morgan fingerprint density at radius 3 is 3.00 bits per heavy atom. The van der Waals surface area contributed by atoms with E-state index in [1.807, 2.05) is 19.9 Å². The minimum atomic E-state index is -0.399. The number of pyridine rings is 1. The van der Waals surface area contributed by atoms with Crippen LogP contribution in [-0.4, -0.2) is 60.8 Å². The molecule has 0 bridgehead atoms. The second kappa shape index (κ2) is 7.40. The highest BCUT2D eigenvalue weighted by molar-refractivity contribution is 5.80. The smallest absolute Gasteiger partial charge is 0.242 e. The van der Waals surface area contributed by atoms with Crippen molar-refractivity contribution in [2.24, 2.45) is 0 Å². The van der Waals surface area contributed by atoms with Gasteiger partial charge in [0, 0.05) is 26.4 Å². The summed E-state index contributed by atoms with van der Waals surface area (Å²) in [4.78, 5) is 18.3. The molecule has 0 aromatic carbocycles. The highest BCUT2D eigenvalue weighted by Crippen LogP contribution is 2.21. The zero-order valence-electron chi connectivity index (χ0n) is 13.7. The van der Waals surface area contributed by atoms with E-state index >= 15 is 0 Å². The molecule has 1 amide bonds. The predicted molar refractivity (Wildman–Crippen MR) is 84.8 cm³/mol. The van der Waals surface area contributed by atoms with Gasteiger partial charge in [-0.05, 0) is 26.0 Å². The van der Waals surface area contributed by atoms with Gasteiger partial charge in [-0.3, -0.25) is 4.79 Å². The SMILES string of the molecule is COCC1CN(C(=O)CNc2ccc(C#N)cn2)CC(C)(C)O1. The van der Waals surface area contributed by atoms with E-state index in [1.54, 1.807) is 24.1 Å². The van der Waals surface area contributed by atoms with Crippen LogP contribution >= 0.6 is 0 Å². The van der Waals surface area contributed by atoms with Crippen LogP contribution in [0.4, 0.5) is 5.82 Å². The average molecular weight is 318 g/mol. The molecule has 0 aliphatic carbocycles. The topological polar surface area (TPSA) is 87.5 Å². The van der Waals surface area contributed by atoms with Crippen LogP contribution < -0.4 is 5.32 Å². The first-order valence-corrected chi connectivity index (χ1v) is 7.48. The van der Waals surface area contributed by atoms with Crippen LogP contribution in [-0.2, 0) is 14.3 Å². The molecule has 0 saturated carbocycles. The van der Waals surface area contributed by atoms with Crippen molar-refractivity contribution in [2.45, 2.75) is 25.6 Å². The van der Waals surface area contributed by atoms with E-state index < -0.39 is 5.60 Å². The molecule has 1 fully saturated rings. The van der Waals surface area contributed by atoms with E-state index in [0.29, 0.717) is 31.1 Å². The molecule has 0 radical (unpaired) electrons. The first-order valence-electron chi connectivity index (χ1n) is 7.48. The molecule has 124 valence electrons. The predicted octanol–water partition coefficient (Wildman–Crippen LogP) is 1.02. The van der Waals surface area contributed by atoms with Crippen LogP contribution in [0, 0.1) is 11.3 Å². The highest BCUT2D eigenvalue weighted by atomic mass is 16.5. The molecule has 1 atom stereocenters. The number of hydrogen-bond acceptors (Lipinski definition) is 6. The number of carbonyl (C=O) groups is 1. The van der Waals surface area contributed by atoms with Gasteiger partial charge in [0.25, 0.3) is 0 Å². The molecule has 1 unspecified atom stereocenters. The lowest BCUT2D eigenvalue weighted by Gasteiger charge is -2.42. The maximum Gasteiger partial charge on any atom is 0.242 e. The molecular weight excluding hydrogens is 296 g/mol. The summed E-state index contributed by atoms with van der Waals surface area (Å²) in [6.45, 7) is 5.58. The number of methoxy groups -OCH3 is 1. The van der Waals surface area contributed by atoms with Crippen LogP contribution in [0.3, 0.4) is 0 Å². The standard InChI is InChI=1S/C16H22N4O3/c1-16(2)11-20(9-13(23-16)10-22-3)15(21)8-19-14-5-4-12(6-17)7-18-14/h4-5,7,13H,8-11H2,1-3H3,(H,18,19). The van der Waals surface area contributed by atoms with Crippen molar-refractivity contribution in [3.63, 3.8) is 0 Å². The molecule has 1 aliphatic heterocycles. The number of hydrogen-bond donors (Lipinski definition) is 1. The molecule has 2 rings (SSSR count). The van der Waals surface area contributed by atoms with Crippen LogP contribution in [0.2, 0.25) is 0 Å². The molecule has 2 heterocycles. The quantitative estimate of drug-likeness (QED) is 0.872. The Labute approximate surface area is 136 Å². The van der Waals surface area contributed by atoms with Gasteiger partial charge in [-0.1, -0.05) is 0 Å². The fourth-order valence-electron chi connectivity index (χ4n) is 2.60. The summed E-state index contributed by atoms with van der Waals surface area (Å²) in [6, 6.07) is 5.35. The van der Waals surface area contributed by atoms with E-state index in [-0.39, 0.29) is 18.6 Å². The summed E-state index contributed by atoms with van der Waals surface area (Å²) in [5.74, 6) is 0.548. The molecule has 7 heteroatoms. The Morgan fingerprint density at radius 1 is 1.61 bits per heavy atom. The number of carbonyl (C=O) groups excluding carboxylic acids is 1. The summed E-state index contributed by atoms with van der Waals surface area (Å²) in [5, 5.41) is 11.7. The van der Waals surface area contributed by atoms with Gasteiger partial charge in [-0.25, -0.2) is 4.98 Å². The van der Waals surface area contributed by atoms with E-state index in [1.165, 1.54) is 6.20 Å². The van der Waals surface area contributed by atoms with Crippen LogP contribution in [0.1, 0.15) is 19.4 Å². The van der Waals surface area contributed by atoms with E-state index in [2.05, 4.69) is 10.3 Å². The fourth-order valence-corrected chi connectivity index (χ4v) is 2.60. The maximum absolute atomic E-state index is 12.4. The van der Waals surface area contributed by atoms with Gasteiger partial charge < -0.3 is 19.7 Å². The lowest BCUT2D eigenvalue weighted by Crippen LogP contribution is -2.56. The largest absolute Gasteiger partial charge is 0.382 e. The molecule has 23 heavy (non-hydrogen) atoms. The number of morpholine rings is 1. The molecule has 0 spiro atoms. The molecule has 1 aliphatic rings. The Morgan fingerprint density at radius 2 is 2.39 bits per heavy atom. The third-order valence-electron chi connectivity index (χ3n) is 3.50. The van der Waals surface area contributed by atoms with Crippen LogP contribution in [0.15, 0.2) is 18.3 Å². The fraction of sp³-hybridized carbons (Fsp3) is 0.562. The van der Waals surface area contributed by atoms with Crippen molar-refractivity contribution < 1.29 is 14.3 Å². The number of nitriles is 1. The number of anilines is 1. The number of aromatic nitrogens is 1. The van der Waals surface area contributed by atoms with Gasteiger partial charge in [-0.2, -0.15) is 5.26 Å². The van der Waals surface area contributed by atoms with Crippen molar-refractivity contribution in [1.82, 2.24) is 9.88 Å². The number of nitrogens with one attached hydrogen (secondary N) is 1. The summed E-state index contributed by atoms with van der Waals surface area (Å²) in [6.07, 6.45) is 1.35. The van der Waals surface area contributed by atoms with Gasteiger partial charge in [0.1, 0.15) is 11.9 Å². The summed E-state index contributed by atoms with van der Waals surface area (Å²) in [5.41, 5.74) is 0.0864. The zero-order valence-corrected chi connectivity index (χ0v) is 13.7. The van der Waals surface area contributed by atoms with Crippen molar-refractivity contribution in [1.29, 1.82) is 5.26 Å². The zero-order chi connectivity index (χ0) is 16.9. The molecule has 1 aromatic heterocycles. The molecular formula is C16H22N4O3. The Balaban J connectivity index is 1.92. The number of amides is 1.